The Labute approximate surface area is 115 Å². The topological polar surface area (TPSA) is 55.1 Å². The molecule has 0 aliphatic heterocycles. The van der Waals surface area contributed by atoms with Gasteiger partial charge in [0.05, 0.1) is 6.04 Å². The first-order valence-corrected chi connectivity index (χ1v) is 6.29. The van der Waals surface area contributed by atoms with Crippen LogP contribution in [0.2, 0.25) is 0 Å². The Bertz CT molecular complexity index is 381. The summed E-state index contributed by atoms with van der Waals surface area (Å²) in [6.45, 7) is 1.72. The maximum atomic E-state index is 11.6. The second-order valence-electron chi connectivity index (χ2n) is 4.85. The number of nitrogens with one attached hydrogen (secondary N) is 1. The number of benzene rings is 1. The van der Waals surface area contributed by atoms with Crippen molar-refractivity contribution in [2.75, 3.05) is 0 Å². The van der Waals surface area contributed by atoms with E-state index in [0.717, 1.165) is 12.8 Å². The Hall–Kier alpha value is -1.06. The van der Waals surface area contributed by atoms with Crippen LogP contribution >= 0.6 is 12.4 Å². The van der Waals surface area contributed by atoms with E-state index in [4.69, 9.17) is 5.73 Å². The number of carbonyl (C=O) groups excluding carboxylic acids is 1. The van der Waals surface area contributed by atoms with Crippen molar-refractivity contribution >= 4 is 18.3 Å². The highest BCUT2D eigenvalue weighted by Gasteiger charge is 2.30. The Morgan fingerprint density at radius 1 is 1.33 bits per heavy atom. The summed E-state index contributed by atoms with van der Waals surface area (Å²) >= 11 is 0. The van der Waals surface area contributed by atoms with Gasteiger partial charge in [-0.2, -0.15) is 0 Å². The quantitative estimate of drug-likeness (QED) is 0.883. The second-order valence-corrected chi connectivity index (χ2v) is 4.85. The van der Waals surface area contributed by atoms with Crippen molar-refractivity contribution < 1.29 is 4.79 Å². The fourth-order valence-electron chi connectivity index (χ4n) is 2.55. The molecule has 3 atom stereocenters. The molecule has 0 heterocycles. The van der Waals surface area contributed by atoms with Crippen LogP contribution in [0.1, 0.15) is 37.7 Å². The van der Waals surface area contributed by atoms with E-state index in [1.54, 1.807) is 6.92 Å². The molecule has 1 aliphatic carbocycles. The average molecular weight is 269 g/mol. The van der Waals surface area contributed by atoms with Gasteiger partial charge in [0.1, 0.15) is 0 Å². The summed E-state index contributed by atoms with van der Waals surface area (Å²) in [5.74, 6) is 0.400. The van der Waals surface area contributed by atoms with Gasteiger partial charge in [0, 0.05) is 12.0 Å². The zero-order valence-corrected chi connectivity index (χ0v) is 11.5. The van der Waals surface area contributed by atoms with Gasteiger partial charge < -0.3 is 11.1 Å². The van der Waals surface area contributed by atoms with Crippen LogP contribution in [-0.2, 0) is 4.79 Å². The van der Waals surface area contributed by atoms with E-state index >= 15 is 0 Å². The number of nitrogens with two attached hydrogens (primary N) is 1. The van der Waals surface area contributed by atoms with Crippen molar-refractivity contribution in [3.63, 3.8) is 0 Å². The average Bonchev–Trinajstić information content (AvgIpc) is 2.78. The smallest absolute Gasteiger partial charge is 0.236 e. The summed E-state index contributed by atoms with van der Waals surface area (Å²) in [7, 11) is 0. The number of amides is 1. The van der Waals surface area contributed by atoms with Gasteiger partial charge in [-0.25, -0.2) is 0 Å². The SMILES string of the molecule is C[C@@H](N)C(=O)NC1CCCC1c1ccccc1.Cl. The van der Waals surface area contributed by atoms with Crippen LogP contribution in [0.5, 0.6) is 0 Å². The van der Waals surface area contributed by atoms with Crippen LogP contribution < -0.4 is 11.1 Å². The van der Waals surface area contributed by atoms with Gasteiger partial charge in [-0.3, -0.25) is 4.79 Å². The molecule has 18 heavy (non-hydrogen) atoms. The Morgan fingerprint density at radius 2 is 2.00 bits per heavy atom. The molecule has 3 N–H and O–H groups in total. The number of hydrogen-bond acceptors (Lipinski definition) is 2. The summed E-state index contributed by atoms with van der Waals surface area (Å²) in [4.78, 5) is 11.6. The fraction of sp³-hybridized carbons (Fsp3) is 0.500. The van der Waals surface area contributed by atoms with E-state index in [1.165, 1.54) is 12.0 Å². The molecular formula is C14H21ClN2O. The molecule has 4 heteroatoms. The molecule has 0 bridgehead atoms. The third-order valence-corrected chi connectivity index (χ3v) is 3.48. The fourth-order valence-corrected chi connectivity index (χ4v) is 2.55. The van der Waals surface area contributed by atoms with E-state index in [-0.39, 0.29) is 24.4 Å². The second kappa shape index (κ2) is 6.76. The van der Waals surface area contributed by atoms with Crippen LogP contribution in [-0.4, -0.2) is 18.0 Å². The Kier molecular flexibility index (Phi) is 5.63. The summed E-state index contributed by atoms with van der Waals surface area (Å²) in [6.07, 6.45) is 3.37. The number of hydrogen-bond donors (Lipinski definition) is 2. The lowest BCUT2D eigenvalue weighted by Crippen LogP contribution is -2.44. The van der Waals surface area contributed by atoms with Crippen molar-refractivity contribution in [1.82, 2.24) is 5.32 Å². The molecule has 1 aromatic rings. The first-order valence-electron chi connectivity index (χ1n) is 6.29. The highest BCUT2D eigenvalue weighted by molar-refractivity contribution is 5.85. The Morgan fingerprint density at radius 3 is 2.61 bits per heavy atom. The highest BCUT2D eigenvalue weighted by Crippen LogP contribution is 2.34. The molecule has 0 saturated heterocycles. The Balaban J connectivity index is 0.00000162. The maximum Gasteiger partial charge on any atom is 0.236 e. The van der Waals surface area contributed by atoms with E-state index in [0.29, 0.717) is 5.92 Å². The third-order valence-electron chi connectivity index (χ3n) is 3.48. The molecule has 0 radical (unpaired) electrons. The van der Waals surface area contributed by atoms with E-state index in [9.17, 15) is 4.79 Å². The lowest BCUT2D eigenvalue weighted by Gasteiger charge is -2.22. The molecule has 1 saturated carbocycles. The largest absolute Gasteiger partial charge is 0.351 e. The molecule has 1 aromatic carbocycles. The first-order chi connectivity index (χ1) is 8.18. The molecule has 1 amide bonds. The van der Waals surface area contributed by atoms with Crippen LogP contribution in [0.3, 0.4) is 0 Å². The van der Waals surface area contributed by atoms with Crippen LogP contribution in [0, 0.1) is 0 Å². The van der Waals surface area contributed by atoms with Crippen LogP contribution in [0.4, 0.5) is 0 Å². The van der Waals surface area contributed by atoms with E-state index in [2.05, 4.69) is 29.6 Å². The zero-order valence-electron chi connectivity index (χ0n) is 10.6. The van der Waals surface area contributed by atoms with Crippen molar-refractivity contribution in [3.8, 4) is 0 Å². The van der Waals surface area contributed by atoms with Crippen LogP contribution in [0.15, 0.2) is 30.3 Å². The predicted octanol–water partition coefficient (Wildman–Crippen LogP) is 2.21. The zero-order chi connectivity index (χ0) is 12.3. The van der Waals surface area contributed by atoms with Gasteiger partial charge in [0.25, 0.3) is 0 Å². The number of carbonyl (C=O) groups is 1. The summed E-state index contributed by atoms with van der Waals surface area (Å²) in [5, 5.41) is 3.06. The summed E-state index contributed by atoms with van der Waals surface area (Å²) < 4.78 is 0. The van der Waals surface area contributed by atoms with E-state index < -0.39 is 6.04 Å². The standard InChI is InChI=1S/C14H20N2O.ClH/c1-10(15)14(17)16-13-9-5-8-12(13)11-6-3-2-4-7-11;/h2-4,6-7,10,12-13H,5,8-9,15H2,1H3,(H,16,17);1H/t10-,12?,13?;/m1./s1. The molecule has 100 valence electrons. The summed E-state index contributed by atoms with van der Waals surface area (Å²) in [6, 6.07) is 10.2. The van der Waals surface area contributed by atoms with Crippen LogP contribution in [0.25, 0.3) is 0 Å². The minimum absolute atomic E-state index is 0. The molecule has 1 fully saturated rings. The first kappa shape index (κ1) is 15.0. The molecule has 0 aromatic heterocycles. The van der Waals surface area contributed by atoms with Gasteiger partial charge in [-0.15, -0.1) is 12.4 Å². The van der Waals surface area contributed by atoms with Crippen molar-refractivity contribution in [2.24, 2.45) is 5.73 Å². The molecule has 1 aliphatic rings. The van der Waals surface area contributed by atoms with Gasteiger partial charge in [-0.05, 0) is 25.3 Å². The predicted molar refractivity (Wildman–Crippen MR) is 75.9 cm³/mol. The van der Waals surface area contributed by atoms with E-state index in [1.807, 2.05) is 6.07 Å². The van der Waals surface area contributed by atoms with Crippen molar-refractivity contribution in [1.29, 1.82) is 0 Å². The lowest BCUT2D eigenvalue weighted by molar-refractivity contribution is -0.122. The van der Waals surface area contributed by atoms with Gasteiger partial charge in [0.2, 0.25) is 5.91 Å². The molecule has 2 unspecified atom stereocenters. The molecule has 3 nitrogen and oxygen atoms in total. The molecule has 0 spiro atoms. The molecular weight excluding hydrogens is 248 g/mol. The summed E-state index contributed by atoms with van der Waals surface area (Å²) in [5.41, 5.74) is 6.91. The maximum absolute atomic E-state index is 11.6. The monoisotopic (exact) mass is 268 g/mol. The normalized spacial score (nSPS) is 24.1. The third kappa shape index (κ3) is 3.47. The van der Waals surface area contributed by atoms with Gasteiger partial charge in [0.15, 0.2) is 0 Å². The lowest BCUT2D eigenvalue weighted by atomic mass is 9.94. The molecule has 2 rings (SSSR count). The van der Waals surface area contributed by atoms with Gasteiger partial charge in [-0.1, -0.05) is 36.8 Å². The van der Waals surface area contributed by atoms with Crippen molar-refractivity contribution in [2.45, 2.75) is 44.2 Å². The minimum atomic E-state index is -0.424. The van der Waals surface area contributed by atoms with Gasteiger partial charge >= 0.3 is 0 Å². The number of halogens is 1. The minimum Gasteiger partial charge on any atom is -0.351 e. The highest BCUT2D eigenvalue weighted by atomic mass is 35.5. The number of rotatable bonds is 3. The van der Waals surface area contributed by atoms with Crippen molar-refractivity contribution in [3.05, 3.63) is 35.9 Å².